The maximum atomic E-state index is 6.89. The Bertz CT molecular complexity index is 306. The summed E-state index contributed by atoms with van der Waals surface area (Å²) in [5.41, 5.74) is 1.16. The summed E-state index contributed by atoms with van der Waals surface area (Å²) in [7, 11) is 1.97. The number of hydrogen-bond acceptors (Lipinski definition) is 1. The highest BCUT2D eigenvalue weighted by Gasteiger charge is 2.21. The molecule has 0 aliphatic heterocycles. The quantitative estimate of drug-likeness (QED) is 0.648. The number of rotatable bonds is 3. The van der Waals surface area contributed by atoms with Crippen LogP contribution in [0.3, 0.4) is 0 Å². The third-order valence-electron chi connectivity index (χ3n) is 2.33. The second-order valence-corrected chi connectivity index (χ2v) is 3.62. The van der Waals surface area contributed by atoms with E-state index in [-0.39, 0.29) is 0 Å². The Labute approximate surface area is 79.2 Å². The van der Waals surface area contributed by atoms with Crippen LogP contribution in [0.5, 0.6) is 0 Å². The van der Waals surface area contributed by atoms with E-state index in [0.29, 0.717) is 18.4 Å². The van der Waals surface area contributed by atoms with Crippen molar-refractivity contribution in [2.75, 3.05) is 6.54 Å². The van der Waals surface area contributed by atoms with Crippen LogP contribution in [0.25, 0.3) is 4.85 Å². The molecule has 0 aliphatic carbocycles. The zero-order valence-corrected chi connectivity index (χ0v) is 8.36. The molecule has 0 fully saturated rings. The van der Waals surface area contributed by atoms with Crippen LogP contribution in [0.2, 0.25) is 0 Å². The van der Waals surface area contributed by atoms with Gasteiger partial charge in [-0.1, -0.05) is 13.8 Å². The van der Waals surface area contributed by atoms with Crippen LogP contribution in [0.1, 0.15) is 25.5 Å². The van der Waals surface area contributed by atoms with Gasteiger partial charge in [-0.15, -0.1) is 0 Å². The fraction of sp³-hybridized carbons (Fsp3) is 0.600. The Balaban J connectivity index is 2.89. The molecule has 0 aromatic carbocycles. The second-order valence-electron chi connectivity index (χ2n) is 3.62. The molecule has 1 heterocycles. The minimum Gasteiger partial charge on any atom is -0.337 e. The molecule has 0 aliphatic rings. The summed E-state index contributed by atoms with van der Waals surface area (Å²) in [6, 6.07) is 0. The van der Waals surface area contributed by atoms with Crippen molar-refractivity contribution in [1.29, 1.82) is 0 Å². The first-order chi connectivity index (χ1) is 6.16. The number of hydrogen-bond donors (Lipinski definition) is 0. The topological polar surface area (TPSA) is 22.2 Å². The minimum atomic E-state index is 0.310. The van der Waals surface area contributed by atoms with E-state index in [0.717, 1.165) is 5.69 Å². The standard InChI is InChI=1S/C10H15N3/c1-8(2)9(5-11-3)10-6-12-7-13(10)4/h6-9H,5H2,1-2,4H3. The average Bonchev–Trinajstić information content (AvgIpc) is 2.47. The molecule has 0 saturated carbocycles. The molecule has 13 heavy (non-hydrogen) atoms. The van der Waals surface area contributed by atoms with Gasteiger partial charge >= 0.3 is 0 Å². The maximum absolute atomic E-state index is 6.89. The van der Waals surface area contributed by atoms with Crippen LogP contribution in [-0.4, -0.2) is 16.1 Å². The van der Waals surface area contributed by atoms with E-state index < -0.39 is 0 Å². The molecule has 1 atom stereocenters. The van der Waals surface area contributed by atoms with Gasteiger partial charge in [-0.2, -0.15) is 0 Å². The van der Waals surface area contributed by atoms with E-state index >= 15 is 0 Å². The van der Waals surface area contributed by atoms with Crippen molar-refractivity contribution in [2.45, 2.75) is 19.8 Å². The van der Waals surface area contributed by atoms with Crippen molar-refractivity contribution in [3.8, 4) is 0 Å². The normalized spacial score (nSPS) is 12.8. The van der Waals surface area contributed by atoms with Crippen LogP contribution in [-0.2, 0) is 7.05 Å². The van der Waals surface area contributed by atoms with Gasteiger partial charge in [-0.3, -0.25) is 0 Å². The Hall–Kier alpha value is -1.30. The predicted octanol–water partition coefficient (Wildman–Crippen LogP) is 2.08. The molecule has 0 spiro atoms. The number of imidazole rings is 1. The summed E-state index contributed by atoms with van der Waals surface area (Å²) in [6.07, 6.45) is 3.64. The summed E-state index contributed by atoms with van der Waals surface area (Å²) in [4.78, 5) is 7.53. The van der Waals surface area contributed by atoms with Crippen LogP contribution in [0, 0.1) is 12.5 Å². The zero-order valence-electron chi connectivity index (χ0n) is 8.36. The lowest BCUT2D eigenvalue weighted by atomic mass is 9.93. The van der Waals surface area contributed by atoms with Crippen molar-refractivity contribution in [3.63, 3.8) is 0 Å². The summed E-state index contributed by atoms with van der Waals surface area (Å²) < 4.78 is 2.00. The van der Waals surface area contributed by atoms with Crippen LogP contribution < -0.4 is 0 Å². The molecule has 0 radical (unpaired) electrons. The molecule has 1 unspecified atom stereocenters. The first-order valence-corrected chi connectivity index (χ1v) is 4.46. The smallest absolute Gasteiger partial charge is 0.223 e. The molecule has 1 rings (SSSR count). The lowest BCUT2D eigenvalue weighted by molar-refractivity contribution is 0.501. The van der Waals surface area contributed by atoms with Crippen molar-refractivity contribution < 1.29 is 0 Å². The lowest BCUT2D eigenvalue weighted by Crippen LogP contribution is -2.12. The Morgan fingerprint density at radius 1 is 1.62 bits per heavy atom. The third-order valence-corrected chi connectivity index (χ3v) is 2.33. The van der Waals surface area contributed by atoms with Gasteiger partial charge in [0.2, 0.25) is 6.54 Å². The molecule has 3 heteroatoms. The summed E-state index contributed by atoms with van der Waals surface area (Å²) in [6.45, 7) is 11.7. The largest absolute Gasteiger partial charge is 0.337 e. The maximum Gasteiger partial charge on any atom is 0.223 e. The van der Waals surface area contributed by atoms with Gasteiger partial charge in [-0.05, 0) is 5.92 Å². The highest BCUT2D eigenvalue weighted by molar-refractivity contribution is 5.09. The molecule has 70 valence electrons. The predicted molar refractivity (Wildman–Crippen MR) is 52.3 cm³/mol. The highest BCUT2D eigenvalue weighted by atomic mass is 15.0. The first kappa shape index (κ1) is 9.79. The van der Waals surface area contributed by atoms with Gasteiger partial charge in [0.25, 0.3) is 0 Å². The highest BCUT2D eigenvalue weighted by Crippen LogP contribution is 2.23. The molecular formula is C10H15N3. The third kappa shape index (κ3) is 2.09. The fourth-order valence-electron chi connectivity index (χ4n) is 1.47. The minimum absolute atomic E-state index is 0.310. The molecule has 1 aromatic heterocycles. The molecule has 3 nitrogen and oxygen atoms in total. The Morgan fingerprint density at radius 2 is 2.31 bits per heavy atom. The van der Waals surface area contributed by atoms with E-state index in [1.165, 1.54) is 0 Å². The van der Waals surface area contributed by atoms with Crippen LogP contribution in [0.4, 0.5) is 0 Å². The number of nitrogens with zero attached hydrogens (tertiary/aromatic N) is 3. The summed E-state index contributed by atoms with van der Waals surface area (Å²) >= 11 is 0. The Morgan fingerprint density at radius 3 is 2.69 bits per heavy atom. The van der Waals surface area contributed by atoms with Crippen molar-refractivity contribution in [3.05, 3.63) is 29.6 Å². The summed E-state index contributed by atoms with van der Waals surface area (Å²) in [5.74, 6) is 0.800. The van der Waals surface area contributed by atoms with E-state index in [4.69, 9.17) is 6.57 Å². The van der Waals surface area contributed by atoms with Crippen molar-refractivity contribution >= 4 is 0 Å². The lowest BCUT2D eigenvalue weighted by Gasteiger charge is -2.15. The zero-order chi connectivity index (χ0) is 9.84. The van der Waals surface area contributed by atoms with Crippen LogP contribution in [0.15, 0.2) is 12.5 Å². The molecule has 0 amide bonds. The first-order valence-electron chi connectivity index (χ1n) is 4.46. The molecular weight excluding hydrogens is 162 g/mol. The SMILES string of the molecule is [C-]#[N+]CC(c1cncn1C)C(C)C. The average molecular weight is 177 g/mol. The van der Waals surface area contributed by atoms with Gasteiger partial charge in [0.15, 0.2) is 0 Å². The summed E-state index contributed by atoms with van der Waals surface area (Å²) in [5, 5.41) is 0. The monoisotopic (exact) mass is 177 g/mol. The van der Waals surface area contributed by atoms with E-state index in [9.17, 15) is 0 Å². The van der Waals surface area contributed by atoms with Gasteiger partial charge in [-0.25, -0.2) is 11.6 Å². The number of aromatic nitrogens is 2. The van der Waals surface area contributed by atoms with Gasteiger partial charge in [0, 0.05) is 18.9 Å². The van der Waals surface area contributed by atoms with Crippen molar-refractivity contribution in [2.24, 2.45) is 13.0 Å². The van der Waals surface area contributed by atoms with E-state index in [1.54, 1.807) is 6.33 Å². The van der Waals surface area contributed by atoms with Gasteiger partial charge in [0.05, 0.1) is 12.2 Å². The second kappa shape index (κ2) is 4.08. The molecule has 0 N–H and O–H groups in total. The van der Waals surface area contributed by atoms with Crippen molar-refractivity contribution in [1.82, 2.24) is 9.55 Å². The molecule has 1 aromatic rings. The molecule has 0 saturated heterocycles. The van der Waals surface area contributed by atoms with Gasteiger partial charge in [0.1, 0.15) is 0 Å². The fourth-order valence-corrected chi connectivity index (χ4v) is 1.47. The molecule has 0 bridgehead atoms. The van der Waals surface area contributed by atoms with Gasteiger partial charge < -0.3 is 9.41 Å². The Kier molecular flexibility index (Phi) is 3.07. The number of aryl methyl sites for hydroxylation is 1. The van der Waals surface area contributed by atoms with E-state index in [1.807, 2.05) is 17.8 Å². The van der Waals surface area contributed by atoms with E-state index in [2.05, 4.69) is 23.7 Å². The van der Waals surface area contributed by atoms with Crippen LogP contribution >= 0.6 is 0 Å².